The van der Waals surface area contributed by atoms with Crippen molar-refractivity contribution >= 4 is 46.1 Å². The summed E-state index contributed by atoms with van der Waals surface area (Å²) >= 11 is 12.5. The van der Waals surface area contributed by atoms with E-state index in [4.69, 9.17) is 23.2 Å². The topological polar surface area (TPSA) is 104 Å². The van der Waals surface area contributed by atoms with Crippen LogP contribution in [-0.4, -0.2) is 61.3 Å². The predicted octanol–water partition coefficient (Wildman–Crippen LogP) is 3.93. The number of amides is 1. The van der Waals surface area contributed by atoms with Crippen LogP contribution < -0.4 is 10.6 Å². The SMILES string of the molecule is CC(C)c1nccc(Cl)c1-n1c(=O)nc(N2CCN(C(=O)O)C[C@@H]2C)c2cc(F)c(Cl)nc21. The number of piperazine rings is 1. The van der Waals surface area contributed by atoms with Crippen LogP contribution in [0.1, 0.15) is 32.4 Å². The fourth-order valence-corrected chi connectivity index (χ4v) is 4.41. The minimum atomic E-state index is -1.03. The van der Waals surface area contributed by atoms with E-state index in [9.17, 15) is 19.1 Å². The summed E-state index contributed by atoms with van der Waals surface area (Å²) in [4.78, 5) is 40.6. The second-order valence-electron chi connectivity index (χ2n) is 8.14. The highest BCUT2D eigenvalue weighted by Crippen LogP contribution is 2.33. The molecule has 1 aliphatic heterocycles. The van der Waals surface area contributed by atoms with Gasteiger partial charge in [0.1, 0.15) is 5.82 Å². The summed E-state index contributed by atoms with van der Waals surface area (Å²) in [6.45, 7) is 6.30. The van der Waals surface area contributed by atoms with E-state index >= 15 is 0 Å². The maximum atomic E-state index is 14.5. The number of pyridine rings is 2. The fraction of sp³-hybridized carbons (Fsp3) is 0.381. The Morgan fingerprint density at radius 1 is 1.27 bits per heavy atom. The monoisotopic (exact) mass is 494 g/mol. The minimum absolute atomic E-state index is 0.0830. The molecule has 9 nitrogen and oxygen atoms in total. The Labute approximate surface area is 198 Å². The predicted molar refractivity (Wildman–Crippen MR) is 123 cm³/mol. The molecule has 4 rings (SSSR count). The van der Waals surface area contributed by atoms with E-state index in [1.165, 1.54) is 15.5 Å². The second kappa shape index (κ2) is 8.75. The average molecular weight is 495 g/mol. The second-order valence-corrected chi connectivity index (χ2v) is 8.90. The number of carbonyl (C=O) groups is 1. The molecule has 12 heteroatoms. The van der Waals surface area contributed by atoms with Gasteiger partial charge >= 0.3 is 11.8 Å². The zero-order valence-electron chi connectivity index (χ0n) is 18.1. The van der Waals surface area contributed by atoms with Crippen molar-refractivity contribution < 1.29 is 14.3 Å². The molecular weight excluding hydrogens is 474 g/mol. The Bertz CT molecular complexity index is 1320. The Morgan fingerprint density at radius 3 is 2.64 bits per heavy atom. The lowest BCUT2D eigenvalue weighted by molar-refractivity contribution is 0.136. The molecule has 3 aromatic heterocycles. The van der Waals surface area contributed by atoms with Crippen LogP contribution in [0.3, 0.4) is 0 Å². The van der Waals surface area contributed by atoms with Crippen LogP contribution in [0.2, 0.25) is 10.2 Å². The van der Waals surface area contributed by atoms with E-state index in [0.717, 1.165) is 0 Å². The standard InChI is InChI=1S/C21H21Cl2FN6O3/c1-10(2)15-16(13(22)4-5-25-15)30-19-12(8-14(24)17(23)26-19)18(27-20(30)31)29-7-6-28(21(32)33)9-11(29)3/h4-5,8,10-11H,6-7,9H2,1-3H3,(H,32,33)/t11-/m0/s1. The average Bonchev–Trinajstić information content (AvgIpc) is 2.75. The number of halogens is 3. The van der Waals surface area contributed by atoms with Crippen LogP contribution in [0, 0.1) is 5.82 Å². The zero-order chi connectivity index (χ0) is 24.0. The van der Waals surface area contributed by atoms with Crippen LogP contribution in [-0.2, 0) is 0 Å². The molecular formula is C21H21Cl2FN6O3. The van der Waals surface area contributed by atoms with Crippen molar-refractivity contribution in [1.29, 1.82) is 0 Å². The third kappa shape index (κ3) is 4.08. The van der Waals surface area contributed by atoms with Crippen molar-refractivity contribution in [3.8, 4) is 5.69 Å². The molecule has 1 N–H and O–H groups in total. The molecule has 0 aliphatic carbocycles. The Balaban J connectivity index is 1.99. The molecule has 0 aromatic carbocycles. The van der Waals surface area contributed by atoms with Crippen LogP contribution >= 0.6 is 23.2 Å². The molecule has 0 saturated carbocycles. The number of anilines is 1. The summed E-state index contributed by atoms with van der Waals surface area (Å²) in [5, 5.41) is 9.41. The Morgan fingerprint density at radius 2 is 2.00 bits per heavy atom. The van der Waals surface area contributed by atoms with Crippen molar-refractivity contribution in [2.45, 2.75) is 32.7 Å². The first-order valence-corrected chi connectivity index (χ1v) is 11.0. The van der Waals surface area contributed by atoms with Crippen molar-refractivity contribution in [3.05, 3.63) is 50.5 Å². The molecule has 1 saturated heterocycles. The van der Waals surface area contributed by atoms with Gasteiger partial charge in [-0.15, -0.1) is 0 Å². The van der Waals surface area contributed by atoms with E-state index in [0.29, 0.717) is 11.4 Å². The van der Waals surface area contributed by atoms with E-state index < -0.39 is 22.8 Å². The lowest BCUT2D eigenvalue weighted by atomic mass is 10.1. The normalized spacial score (nSPS) is 16.6. The molecule has 4 heterocycles. The fourth-order valence-electron chi connectivity index (χ4n) is 4.04. The molecule has 33 heavy (non-hydrogen) atoms. The van der Waals surface area contributed by atoms with Crippen molar-refractivity contribution in [1.82, 2.24) is 24.4 Å². The van der Waals surface area contributed by atoms with E-state index in [-0.39, 0.29) is 53.5 Å². The van der Waals surface area contributed by atoms with Crippen LogP contribution in [0.25, 0.3) is 16.7 Å². The van der Waals surface area contributed by atoms with Gasteiger partial charge in [-0.25, -0.2) is 23.5 Å². The summed E-state index contributed by atoms with van der Waals surface area (Å²) in [6.07, 6.45) is 0.515. The van der Waals surface area contributed by atoms with Gasteiger partial charge < -0.3 is 14.9 Å². The highest BCUT2D eigenvalue weighted by Gasteiger charge is 2.30. The van der Waals surface area contributed by atoms with Crippen molar-refractivity contribution in [2.75, 3.05) is 24.5 Å². The van der Waals surface area contributed by atoms with Crippen molar-refractivity contribution in [2.24, 2.45) is 0 Å². The molecule has 1 aliphatic rings. The molecule has 0 spiro atoms. The molecule has 0 bridgehead atoms. The summed E-state index contributed by atoms with van der Waals surface area (Å²) in [7, 11) is 0. The van der Waals surface area contributed by atoms with Gasteiger partial charge in [0.15, 0.2) is 16.6 Å². The van der Waals surface area contributed by atoms with Gasteiger partial charge in [0.25, 0.3) is 0 Å². The molecule has 0 unspecified atom stereocenters. The number of fused-ring (bicyclic) bond motifs is 1. The maximum Gasteiger partial charge on any atom is 0.407 e. The molecule has 1 atom stereocenters. The summed E-state index contributed by atoms with van der Waals surface area (Å²) in [5.41, 5.74) is 0.256. The van der Waals surface area contributed by atoms with Crippen LogP contribution in [0.4, 0.5) is 15.0 Å². The number of hydrogen-bond donors (Lipinski definition) is 1. The van der Waals surface area contributed by atoms with Gasteiger partial charge in [-0.3, -0.25) is 4.98 Å². The molecule has 1 amide bonds. The smallest absolute Gasteiger partial charge is 0.407 e. The first kappa shape index (κ1) is 23.2. The number of aromatic nitrogens is 4. The van der Waals surface area contributed by atoms with Crippen LogP contribution in [0.15, 0.2) is 23.1 Å². The van der Waals surface area contributed by atoms with Gasteiger partial charge in [-0.2, -0.15) is 4.98 Å². The van der Waals surface area contributed by atoms with E-state index in [1.807, 2.05) is 20.8 Å². The van der Waals surface area contributed by atoms with Crippen LogP contribution in [0.5, 0.6) is 0 Å². The van der Waals surface area contributed by atoms with Gasteiger partial charge in [0.2, 0.25) is 0 Å². The summed E-state index contributed by atoms with van der Waals surface area (Å²) in [5.74, 6) is -0.645. The van der Waals surface area contributed by atoms with Crippen molar-refractivity contribution in [3.63, 3.8) is 0 Å². The van der Waals surface area contributed by atoms with Gasteiger partial charge in [0.05, 0.1) is 21.8 Å². The number of hydrogen-bond acceptors (Lipinski definition) is 6. The number of nitrogens with zero attached hydrogens (tertiary/aromatic N) is 6. The minimum Gasteiger partial charge on any atom is -0.465 e. The third-order valence-electron chi connectivity index (χ3n) is 5.60. The first-order chi connectivity index (χ1) is 15.6. The number of carboxylic acid groups (broad SMARTS) is 1. The molecule has 1 fully saturated rings. The van der Waals surface area contributed by atoms with E-state index in [2.05, 4.69) is 15.0 Å². The quantitative estimate of drug-likeness (QED) is 0.549. The van der Waals surface area contributed by atoms with E-state index in [1.54, 1.807) is 17.2 Å². The van der Waals surface area contributed by atoms with Gasteiger partial charge in [-0.1, -0.05) is 37.0 Å². The van der Waals surface area contributed by atoms with Gasteiger partial charge in [-0.05, 0) is 25.0 Å². The summed E-state index contributed by atoms with van der Waals surface area (Å²) < 4.78 is 15.7. The largest absolute Gasteiger partial charge is 0.465 e. The summed E-state index contributed by atoms with van der Waals surface area (Å²) in [6, 6.07) is 2.42. The first-order valence-electron chi connectivity index (χ1n) is 10.3. The maximum absolute atomic E-state index is 14.5. The van der Waals surface area contributed by atoms with Gasteiger partial charge in [0, 0.05) is 31.9 Å². The highest BCUT2D eigenvalue weighted by atomic mass is 35.5. The Kier molecular flexibility index (Phi) is 6.15. The number of rotatable bonds is 3. The Hall–Kier alpha value is -2.98. The molecule has 0 radical (unpaired) electrons. The third-order valence-corrected chi connectivity index (χ3v) is 6.17. The lowest BCUT2D eigenvalue weighted by Crippen LogP contribution is -2.54. The highest BCUT2D eigenvalue weighted by molar-refractivity contribution is 6.32. The molecule has 174 valence electrons. The molecule has 3 aromatic rings. The zero-order valence-corrected chi connectivity index (χ0v) is 19.6. The lowest BCUT2D eigenvalue weighted by Gasteiger charge is -2.39.